The summed E-state index contributed by atoms with van der Waals surface area (Å²) in [6, 6.07) is 9.59. The number of hydrogen-bond donors (Lipinski definition) is 3. The minimum atomic E-state index is -0.933. The zero-order chi connectivity index (χ0) is 19.6. The number of hydrogen-bond acceptors (Lipinski definition) is 3. The molecule has 1 atom stereocenters. The van der Waals surface area contributed by atoms with Crippen LogP contribution in [0.4, 0.5) is 14.9 Å². The van der Waals surface area contributed by atoms with Gasteiger partial charge in [0.2, 0.25) is 5.91 Å². The van der Waals surface area contributed by atoms with Gasteiger partial charge >= 0.3 is 6.03 Å². The van der Waals surface area contributed by atoms with E-state index in [1.807, 2.05) is 0 Å². The molecule has 1 fully saturated rings. The van der Waals surface area contributed by atoms with Gasteiger partial charge in [-0.25, -0.2) is 9.18 Å². The van der Waals surface area contributed by atoms with Crippen LogP contribution in [0.1, 0.15) is 34.9 Å². The van der Waals surface area contributed by atoms with E-state index in [9.17, 15) is 19.1 Å². The summed E-state index contributed by atoms with van der Waals surface area (Å²) in [6.07, 6.45) is 0.772. The summed E-state index contributed by atoms with van der Waals surface area (Å²) in [5, 5.41) is 13.3. The van der Waals surface area contributed by atoms with Crippen molar-refractivity contribution in [3.63, 3.8) is 0 Å². The zero-order valence-corrected chi connectivity index (χ0v) is 15.1. The van der Waals surface area contributed by atoms with Crippen LogP contribution in [0.25, 0.3) is 0 Å². The van der Waals surface area contributed by atoms with Gasteiger partial charge in [-0.15, -0.1) is 0 Å². The van der Waals surface area contributed by atoms with E-state index in [4.69, 9.17) is 17.3 Å². The molecule has 2 aromatic rings. The van der Waals surface area contributed by atoms with Gasteiger partial charge in [-0.05, 0) is 48.7 Å². The van der Waals surface area contributed by atoms with Crippen molar-refractivity contribution in [3.8, 4) is 0 Å². The van der Waals surface area contributed by atoms with Crippen LogP contribution >= 0.6 is 11.6 Å². The highest BCUT2D eigenvalue weighted by molar-refractivity contribution is 6.34. The number of carbonyl (C=O) groups excluding carboxylic acids is 2. The van der Waals surface area contributed by atoms with Crippen molar-refractivity contribution in [1.29, 1.82) is 0 Å². The lowest BCUT2D eigenvalue weighted by atomic mass is 10.1. The number of aliphatic hydroxyl groups is 1. The number of halogens is 2. The lowest BCUT2D eigenvalue weighted by molar-refractivity contribution is 0.100. The lowest BCUT2D eigenvalue weighted by Gasteiger charge is -2.26. The molecule has 0 aliphatic heterocycles. The second-order valence-electron chi connectivity index (χ2n) is 6.44. The molecule has 0 heterocycles. The van der Waals surface area contributed by atoms with Gasteiger partial charge in [0.25, 0.3) is 0 Å². The van der Waals surface area contributed by atoms with Crippen LogP contribution < -0.4 is 11.1 Å². The van der Waals surface area contributed by atoms with Gasteiger partial charge < -0.3 is 21.1 Å². The van der Waals surface area contributed by atoms with E-state index in [1.54, 1.807) is 4.90 Å². The SMILES string of the molecule is NC(=O)c1ccc(NC(=O)N(C[C@@H](O)c2ccc(F)cc2)C2CC2)cc1Cl. The summed E-state index contributed by atoms with van der Waals surface area (Å²) in [4.78, 5) is 25.4. The molecule has 3 amide bonds. The van der Waals surface area contributed by atoms with Gasteiger partial charge in [0.1, 0.15) is 5.82 Å². The predicted octanol–water partition coefficient (Wildman–Crippen LogP) is 3.31. The number of nitrogens with zero attached hydrogens (tertiary/aromatic N) is 1. The Bertz CT molecular complexity index is 856. The van der Waals surface area contributed by atoms with E-state index in [0.717, 1.165) is 12.8 Å². The molecular weight excluding hydrogens is 373 g/mol. The highest BCUT2D eigenvalue weighted by Gasteiger charge is 2.34. The summed E-state index contributed by atoms with van der Waals surface area (Å²) >= 11 is 6.00. The third-order valence-corrected chi connectivity index (χ3v) is 4.67. The van der Waals surface area contributed by atoms with E-state index < -0.39 is 12.0 Å². The Morgan fingerprint density at radius 3 is 2.48 bits per heavy atom. The summed E-state index contributed by atoms with van der Waals surface area (Å²) in [5.74, 6) is -1.04. The maximum absolute atomic E-state index is 13.0. The number of aliphatic hydroxyl groups excluding tert-OH is 1. The fourth-order valence-corrected chi connectivity index (χ4v) is 3.02. The monoisotopic (exact) mass is 391 g/mol. The summed E-state index contributed by atoms with van der Waals surface area (Å²) < 4.78 is 13.0. The number of nitrogens with two attached hydrogens (primary N) is 1. The third kappa shape index (κ3) is 4.75. The Labute approximate surface area is 160 Å². The molecule has 0 bridgehead atoms. The summed E-state index contributed by atoms with van der Waals surface area (Å²) in [7, 11) is 0. The van der Waals surface area contributed by atoms with E-state index in [0.29, 0.717) is 11.3 Å². The number of benzene rings is 2. The molecule has 2 aromatic carbocycles. The topological polar surface area (TPSA) is 95.7 Å². The first kappa shape index (κ1) is 19.1. The first-order chi connectivity index (χ1) is 12.8. The van der Waals surface area contributed by atoms with Crippen molar-refractivity contribution in [3.05, 3.63) is 64.4 Å². The molecule has 1 aliphatic rings. The van der Waals surface area contributed by atoms with E-state index >= 15 is 0 Å². The van der Waals surface area contributed by atoms with Gasteiger partial charge in [0.05, 0.1) is 23.2 Å². The quantitative estimate of drug-likeness (QED) is 0.704. The molecule has 0 saturated heterocycles. The third-order valence-electron chi connectivity index (χ3n) is 4.36. The molecule has 1 aliphatic carbocycles. The lowest BCUT2D eigenvalue weighted by Crippen LogP contribution is -2.39. The number of carbonyl (C=O) groups is 2. The molecule has 8 heteroatoms. The highest BCUT2D eigenvalue weighted by atomic mass is 35.5. The molecule has 142 valence electrons. The van der Waals surface area contributed by atoms with Gasteiger partial charge in [-0.3, -0.25) is 4.79 Å². The Morgan fingerprint density at radius 1 is 1.26 bits per heavy atom. The molecule has 0 spiro atoms. The Balaban J connectivity index is 1.69. The van der Waals surface area contributed by atoms with E-state index in [1.165, 1.54) is 42.5 Å². The zero-order valence-electron chi connectivity index (χ0n) is 14.4. The van der Waals surface area contributed by atoms with Crippen LogP contribution in [0.15, 0.2) is 42.5 Å². The average molecular weight is 392 g/mol. The molecule has 3 rings (SSSR count). The molecule has 0 unspecified atom stereocenters. The minimum absolute atomic E-state index is 0.0421. The Morgan fingerprint density at radius 2 is 1.93 bits per heavy atom. The molecule has 0 aromatic heterocycles. The van der Waals surface area contributed by atoms with E-state index in [2.05, 4.69) is 5.32 Å². The molecule has 1 saturated carbocycles. The standard InChI is InChI=1S/C19H19ClFN3O3/c20-16-9-13(5-8-15(16)18(22)26)23-19(27)24(14-6-7-14)10-17(25)11-1-3-12(21)4-2-11/h1-5,8-9,14,17,25H,6-7,10H2,(H2,22,26)(H,23,27)/t17-/m1/s1. The molecular formula is C19H19ClFN3O3. The molecule has 6 nitrogen and oxygen atoms in total. The minimum Gasteiger partial charge on any atom is -0.387 e. The Hall–Kier alpha value is -2.64. The second kappa shape index (κ2) is 7.94. The number of nitrogens with one attached hydrogen (secondary N) is 1. The van der Waals surface area contributed by atoms with Gasteiger partial charge in [0.15, 0.2) is 0 Å². The van der Waals surface area contributed by atoms with Crippen molar-refractivity contribution in [2.24, 2.45) is 5.73 Å². The number of urea groups is 1. The van der Waals surface area contributed by atoms with E-state index in [-0.39, 0.29) is 35.0 Å². The van der Waals surface area contributed by atoms with Crippen molar-refractivity contribution < 1.29 is 19.1 Å². The van der Waals surface area contributed by atoms with Crippen molar-refractivity contribution in [2.45, 2.75) is 25.0 Å². The highest BCUT2D eigenvalue weighted by Crippen LogP contribution is 2.30. The fourth-order valence-electron chi connectivity index (χ4n) is 2.75. The first-order valence-corrected chi connectivity index (χ1v) is 8.83. The van der Waals surface area contributed by atoms with Crippen LogP contribution in [0.2, 0.25) is 5.02 Å². The number of primary amides is 1. The fraction of sp³-hybridized carbons (Fsp3) is 0.263. The van der Waals surface area contributed by atoms with Gasteiger partial charge in [-0.2, -0.15) is 0 Å². The van der Waals surface area contributed by atoms with Gasteiger partial charge in [-0.1, -0.05) is 23.7 Å². The van der Waals surface area contributed by atoms with Crippen LogP contribution in [-0.4, -0.2) is 34.5 Å². The number of amides is 3. The number of rotatable bonds is 6. The predicted molar refractivity (Wildman–Crippen MR) is 100 cm³/mol. The molecule has 0 radical (unpaired) electrons. The molecule has 4 N–H and O–H groups in total. The first-order valence-electron chi connectivity index (χ1n) is 8.45. The summed E-state index contributed by atoms with van der Waals surface area (Å²) in [6.45, 7) is 0.0786. The largest absolute Gasteiger partial charge is 0.387 e. The maximum Gasteiger partial charge on any atom is 0.322 e. The maximum atomic E-state index is 13.0. The van der Waals surface area contributed by atoms with Crippen LogP contribution in [0, 0.1) is 5.82 Å². The van der Waals surface area contributed by atoms with Crippen LogP contribution in [0.5, 0.6) is 0 Å². The Kier molecular flexibility index (Phi) is 5.62. The van der Waals surface area contributed by atoms with Crippen molar-refractivity contribution in [2.75, 3.05) is 11.9 Å². The van der Waals surface area contributed by atoms with Crippen molar-refractivity contribution in [1.82, 2.24) is 4.90 Å². The van der Waals surface area contributed by atoms with Gasteiger partial charge in [0, 0.05) is 11.7 Å². The van der Waals surface area contributed by atoms with Crippen LogP contribution in [0.3, 0.4) is 0 Å². The number of anilines is 1. The van der Waals surface area contributed by atoms with Crippen LogP contribution in [-0.2, 0) is 0 Å². The van der Waals surface area contributed by atoms with Crippen molar-refractivity contribution >= 4 is 29.2 Å². The average Bonchev–Trinajstić information content (AvgIpc) is 3.44. The second-order valence-corrected chi connectivity index (χ2v) is 6.85. The summed E-state index contributed by atoms with van der Waals surface area (Å²) in [5.41, 5.74) is 6.32. The normalized spacial score (nSPS) is 14.5. The molecule has 27 heavy (non-hydrogen) atoms. The smallest absolute Gasteiger partial charge is 0.322 e.